The Balaban J connectivity index is 2.05. The number of hydrogen-bond donors (Lipinski definition) is 0. The monoisotopic (exact) mass is 273 g/mol. The van der Waals surface area contributed by atoms with E-state index < -0.39 is 0 Å². The summed E-state index contributed by atoms with van der Waals surface area (Å²) in [4.78, 5) is 5.36. The summed E-state index contributed by atoms with van der Waals surface area (Å²) in [6, 6.07) is 15.2. The number of nitrogens with zero attached hydrogens (tertiary/aromatic N) is 1. The summed E-state index contributed by atoms with van der Waals surface area (Å²) in [7, 11) is 0. The standard InChI is InChI=1S/C17H23NS/c1-3-4-8-13-18(16-9-6-5-7-10-16)14-17-12-11-15(2)19-17/h5-7,9-12H,3-4,8,13-14H2,1-2H3. The molecule has 0 spiro atoms. The summed E-state index contributed by atoms with van der Waals surface area (Å²) in [5, 5.41) is 0. The second kappa shape index (κ2) is 7.34. The maximum absolute atomic E-state index is 2.50. The molecule has 2 heteroatoms. The Morgan fingerprint density at radius 3 is 2.42 bits per heavy atom. The van der Waals surface area contributed by atoms with Crippen LogP contribution in [0.5, 0.6) is 0 Å². The second-order valence-corrected chi connectivity index (χ2v) is 6.35. The van der Waals surface area contributed by atoms with Crippen molar-refractivity contribution in [2.75, 3.05) is 11.4 Å². The van der Waals surface area contributed by atoms with E-state index in [1.165, 1.54) is 34.7 Å². The van der Waals surface area contributed by atoms with Gasteiger partial charge >= 0.3 is 0 Å². The van der Waals surface area contributed by atoms with Gasteiger partial charge in [0.1, 0.15) is 0 Å². The highest BCUT2D eigenvalue weighted by Crippen LogP contribution is 2.22. The van der Waals surface area contributed by atoms with E-state index in [1.54, 1.807) is 0 Å². The van der Waals surface area contributed by atoms with E-state index in [-0.39, 0.29) is 0 Å². The molecular formula is C17H23NS. The van der Waals surface area contributed by atoms with Crippen LogP contribution in [0.2, 0.25) is 0 Å². The first-order valence-corrected chi connectivity index (χ1v) is 7.96. The van der Waals surface area contributed by atoms with E-state index in [4.69, 9.17) is 0 Å². The maximum Gasteiger partial charge on any atom is 0.0522 e. The highest BCUT2D eigenvalue weighted by molar-refractivity contribution is 7.11. The number of anilines is 1. The Morgan fingerprint density at radius 1 is 1.00 bits per heavy atom. The van der Waals surface area contributed by atoms with Gasteiger partial charge in [0.25, 0.3) is 0 Å². The molecule has 2 aromatic rings. The lowest BCUT2D eigenvalue weighted by Gasteiger charge is -2.24. The van der Waals surface area contributed by atoms with Crippen LogP contribution in [0, 0.1) is 6.92 Å². The third kappa shape index (κ3) is 4.39. The van der Waals surface area contributed by atoms with Crippen molar-refractivity contribution < 1.29 is 0 Å². The summed E-state index contributed by atoms with van der Waals surface area (Å²) < 4.78 is 0. The van der Waals surface area contributed by atoms with Crippen LogP contribution in [-0.4, -0.2) is 6.54 Å². The van der Waals surface area contributed by atoms with Gasteiger partial charge < -0.3 is 4.90 Å². The number of rotatable bonds is 7. The summed E-state index contributed by atoms with van der Waals surface area (Å²) in [5.74, 6) is 0. The molecule has 0 aliphatic rings. The Bertz CT molecular complexity index is 475. The molecular weight excluding hydrogens is 250 g/mol. The van der Waals surface area contributed by atoms with Gasteiger partial charge in [0.2, 0.25) is 0 Å². The highest BCUT2D eigenvalue weighted by atomic mass is 32.1. The maximum atomic E-state index is 2.50. The molecule has 0 saturated heterocycles. The molecule has 0 N–H and O–H groups in total. The molecule has 1 nitrogen and oxygen atoms in total. The number of hydrogen-bond acceptors (Lipinski definition) is 2. The van der Waals surface area contributed by atoms with Crippen LogP contribution >= 0.6 is 11.3 Å². The molecule has 0 unspecified atom stereocenters. The minimum absolute atomic E-state index is 1.03. The molecule has 0 atom stereocenters. The fourth-order valence-electron chi connectivity index (χ4n) is 2.25. The zero-order valence-electron chi connectivity index (χ0n) is 11.9. The second-order valence-electron chi connectivity index (χ2n) is 4.98. The van der Waals surface area contributed by atoms with Crippen molar-refractivity contribution in [3.05, 3.63) is 52.2 Å². The van der Waals surface area contributed by atoms with Crippen LogP contribution in [-0.2, 0) is 6.54 Å². The van der Waals surface area contributed by atoms with E-state index in [2.05, 4.69) is 61.2 Å². The third-order valence-electron chi connectivity index (χ3n) is 3.30. The Labute approximate surface area is 120 Å². The molecule has 1 heterocycles. The molecule has 1 aromatic carbocycles. The van der Waals surface area contributed by atoms with Gasteiger partial charge in [0, 0.05) is 22.0 Å². The van der Waals surface area contributed by atoms with Crippen LogP contribution in [0.1, 0.15) is 35.9 Å². The van der Waals surface area contributed by atoms with Crippen LogP contribution < -0.4 is 4.90 Å². The van der Waals surface area contributed by atoms with Crippen LogP contribution in [0.25, 0.3) is 0 Å². The number of aryl methyl sites for hydroxylation is 1. The smallest absolute Gasteiger partial charge is 0.0522 e. The molecule has 0 aliphatic carbocycles. The van der Waals surface area contributed by atoms with Crippen LogP contribution in [0.4, 0.5) is 5.69 Å². The van der Waals surface area contributed by atoms with Crippen molar-refractivity contribution in [2.24, 2.45) is 0 Å². The summed E-state index contributed by atoms with van der Waals surface area (Å²) in [6.45, 7) is 6.62. The molecule has 0 aliphatic heterocycles. The van der Waals surface area contributed by atoms with Gasteiger partial charge in [-0.15, -0.1) is 11.3 Å². The normalized spacial score (nSPS) is 10.6. The lowest BCUT2D eigenvalue weighted by Crippen LogP contribution is -2.23. The minimum atomic E-state index is 1.03. The minimum Gasteiger partial charge on any atom is -0.366 e. The SMILES string of the molecule is CCCCCN(Cc1ccc(C)s1)c1ccccc1. The van der Waals surface area contributed by atoms with Crippen molar-refractivity contribution in [2.45, 2.75) is 39.7 Å². The zero-order valence-corrected chi connectivity index (χ0v) is 12.7. The predicted molar refractivity (Wildman–Crippen MR) is 86.1 cm³/mol. The van der Waals surface area contributed by atoms with E-state index in [9.17, 15) is 0 Å². The van der Waals surface area contributed by atoms with Gasteiger partial charge in [-0.05, 0) is 37.6 Å². The van der Waals surface area contributed by atoms with Crippen molar-refractivity contribution >= 4 is 17.0 Å². The van der Waals surface area contributed by atoms with E-state index in [0.29, 0.717) is 0 Å². The molecule has 0 saturated carbocycles. The first-order chi connectivity index (χ1) is 9.29. The van der Waals surface area contributed by atoms with Gasteiger partial charge in [0.05, 0.1) is 6.54 Å². The average molecular weight is 273 g/mol. The fourth-order valence-corrected chi connectivity index (χ4v) is 3.16. The van der Waals surface area contributed by atoms with E-state index in [0.717, 1.165) is 13.1 Å². The number of unbranched alkanes of at least 4 members (excludes halogenated alkanes) is 2. The van der Waals surface area contributed by atoms with Gasteiger partial charge in [-0.2, -0.15) is 0 Å². The van der Waals surface area contributed by atoms with Crippen molar-refractivity contribution in [3.8, 4) is 0 Å². The van der Waals surface area contributed by atoms with Gasteiger partial charge in [0.15, 0.2) is 0 Å². The third-order valence-corrected chi connectivity index (χ3v) is 4.28. The molecule has 0 amide bonds. The topological polar surface area (TPSA) is 3.24 Å². The molecule has 19 heavy (non-hydrogen) atoms. The summed E-state index contributed by atoms with van der Waals surface area (Å²) in [6.07, 6.45) is 3.86. The molecule has 0 bridgehead atoms. The van der Waals surface area contributed by atoms with E-state index >= 15 is 0 Å². The molecule has 2 rings (SSSR count). The summed E-state index contributed by atoms with van der Waals surface area (Å²) in [5.41, 5.74) is 1.34. The lowest BCUT2D eigenvalue weighted by atomic mass is 10.2. The fraction of sp³-hybridized carbons (Fsp3) is 0.412. The Morgan fingerprint density at radius 2 is 1.79 bits per heavy atom. The first kappa shape index (κ1) is 14.1. The van der Waals surface area contributed by atoms with Crippen LogP contribution in [0.3, 0.4) is 0 Å². The lowest BCUT2D eigenvalue weighted by molar-refractivity contribution is 0.677. The van der Waals surface area contributed by atoms with Gasteiger partial charge in [-0.3, -0.25) is 0 Å². The Kier molecular flexibility index (Phi) is 5.46. The Hall–Kier alpha value is -1.28. The molecule has 1 aromatic heterocycles. The largest absolute Gasteiger partial charge is 0.366 e. The van der Waals surface area contributed by atoms with Crippen molar-refractivity contribution in [1.29, 1.82) is 0 Å². The van der Waals surface area contributed by atoms with Gasteiger partial charge in [-0.25, -0.2) is 0 Å². The number of para-hydroxylation sites is 1. The molecule has 102 valence electrons. The van der Waals surface area contributed by atoms with E-state index in [1.807, 2.05) is 11.3 Å². The van der Waals surface area contributed by atoms with Crippen LogP contribution in [0.15, 0.2) is 42.5 Å². The van der Waals surface area contributed by atoms with Crippen molar-refractivity contribution in [1.82, 2.24) is 0 Å². The van der Waals surface area contributed by atoms with Crippen molar-refractivity contribution in [3.63, 3.8) is 0 Å². The predicted octanol–water partition coefficient (Wildman–Crippen LogP) is 5.25. The average Bonchev–Trinajstić information content (AvgIpc) is 2.84. The first-order valence-electron chi connectivity index (χ1n) is 7.15. The molecule has 0 radical (unpaired) electrons. The zero-order chi connectivity index (χ0) is 13.5. The van der Waals surface area contributed by atoms with Gasteiger partial charge in [-0.1, -0.05) is 38.0 Å². The highest BCUT2D eigenvalue weighted by Gasteiger charge is 2.08. The summed E-state index contributed by atoms with van der Waals surface area (Å²) >= 11 is 1.91. The number of benzene rings is 1. The molecule has 0 fully saturated rings. The number of thiophene rings is 1. The quantitative estimate of drug-likeness (QED) is 0.622.